The highest BCUT2D eigenvalue weighted by atomic mass is 35.5. The molecule has 19 heavy (non-hydrogen) atoms. The van der Waals surface area contributed by atoms with Gasteiger partial charge in [-0.15, -0.1) is 11.6 Å². The Hall–Kier alpha value is -1.42. The Kier molecular flexibility index (Phi) is 4.53. The smallest absolute Gasteiger partial charge is 0.237 e. The third-order valence-electron chi connectivity index (χ3n) is 3.03. The Bertz CT molecular complexity index is 450. The molecule has 4 nitrogen and oxygen atoms in total. The number of fused-ring (bicyclic) bond motifs is 1. The third kappa shape index (κ3) is 3.32. The van der Waals surface area contributed by atoms with Crippen molar-refractivity contribution in [3.8, 4) is 11.5 Å². The number of para-hydroxylation sites is 2. The summed E-state index contributed by atoms with van der Waals surface area (Å²) >= 11 is 5.63. The van der Waals surface area contributed by atoms with Crippen LogP contribution in [0.25, 0.3) is 0 Å². The van der Waals surface area contributed by atoms with E-state index in [1.165, 1.54) is 0 Å². The van der Waals surface area contributed by atoms with Crippen LogP contribution in [-0.4, -0.2) is 42.0 Å². The van der Waals surface area contributed by atoms with E-state index in [1.54, 1.807) is 4.90 Å². The average Bonchev–Trinajstić information content (AvgIpc) is 2.43. The molecular formula is C14H18ClNO3. The maximum absolute atomic E-state index is 11.8. The van der Waals surface area contributed by atoms with Gasteiger partial charge < -0.3 is 14.4 Å². The van der Waals surface area contributed by atoms with Crippen molar-refractivity contribution in [2.45, 2.75) is 26.0 Å². The summed E-state index contributed by atoms with van der Waals surface area (Å²) in [4.78, 5) is 13.5. The van der Waals surface area contributed by atoms with Crippen LogP contribution in [0.3, 0.4) is 0 Å². The lowest BCUT2D eigenvalue weighted by molar-refractivity contribution is -0.131. The summed E-state index contributed by atoms with van der Waals surface area (Å²) in [7, 11) is 0. The Morgan fingerprint density at radius 1 is 1.42 bits per heavy atom. The van der Waals surface area contributed by atoms with Crippen molar-refractivity contribution in [2.75, 3.05) is 19.0 Å². The zero-order valence-corrected chi connectivity index (χ0v) is 11.9. The van der Waals surface area contributed by atoms with Gasteiger partial charge in [0.25, 0.3) is 0 Å². The van der Waals surface area contributed by atoms with Gasteiger partial charge in [-0.1, -0.05) is 12.1 Å². The molecule has 0 N–H and O–H groups in total. The second-order valence-corrected chi connectivity index (χ2v) is 5.04. The lowest BCUT2D eigenvalue weighted by Gasteiger charge is -2.33. The molecule has 0 saturated heterocycles. The molecule has 2 rings (SSSR count). The molecule has 1 aromatic carbocycles. The molecule has 1 aromatic rings. The quantitative estimate of drug-likeness (QED) is 0.796. The Balaban J connectivity index is 2.02. The number of nitrogens with zero attached hydrogens (tertiary/aromatic N) is 1. The first-order valence-corrected chi connectivity index (χ1v) is 6.89. The molecule has 104 valence electrons. The van der Waals surface area contributed by atoms with E-state index in [1.807, 2.05) is 38.1 Å². The van der Waals surface area contributed by atoms with E-state index in [0.717, 1.165) is 11.5 Å². The summed E-state index contributed by atoms with van der Waals surface area (Å²) in [6.07, 6.45) is -0.163. The first kappa shape index (κ1) is 14.0. The zero-order chi connectivity index (χ0) is 13.8. The Labute approximate surface area is 118 Å². The predicted molar refractivity (Wildman–Crippen MR) is 73.9 cm³/mol. The third-order valence-corrected chi connectivity index (χ3v) is 3.25. The van der Waals surface area contributed by atoms with Crippen LogP contribution in [0, 0.1) is 0 Å². The molecule has 1 heterocycles. The van der Waals surface area contributed by atoms with E-state index in [9.17, 15) is 4.79 Å². The first-order valence-electron chi connectivity index (χ1n) is 6.35. The van der Waals surface area contributed by atoms with E-state index < -0.39 is 0 Å². The molecule has 5 heteroatoms. The molecule has 1 aliphatic heterocycles. The van der Waals surface area contributed by atoms with Crippen LogP contribution in [0.1, 0.15) is 13.8 Å². The van der Waals surface area contributed by atoms with Gasteiger partial charge in [0.1, 0.15) is 12.5 Å². The van der Waals surface area contributed by atoms with Crippen LogP contribution in [0.4, 0.5) is 0 Å². The minimum atomic E-state index is -0.163. The van der Waals surface area contributed by atoms with E-state index in [0.29, 0.717) is 13.2 Å². The summed E-state index contributed by atoms with van der Waals surface area (Å²) in [6, 6.07) is 7.63. The predicted octanol–water partition coefficient (Wildman–Crippen LogP) is 2.30. The molecule has 0 radical (unpaired) electrons. The van der Waals surface area contributed by atoms with Crippen LogP contribution >= 0.6 is 11.6 Å². The summed E-state index contributed by atoms with van der Waals surface area (Å²) in [5.41, 5.74) is 0. The van der Waals surface area contributed by atoms with Gasteiger partial charge in [0, 0.05) is 6.04 Å². The number of benzene rings is 1. The normalized spacial score (nSPS) is 17.4. The number of amides is 1. The highest BCUT2D eigenvalue weighted by Gasteiger charge is 2.26. The topological polar surface area (TPSA) is 38.8 Å². The molecule has 0 aromatic heterocycles. The summed E-state index contributed by atoms with van der Waals surface area (Å²) in [5, 5.41) is 0. The fourth-order valence-corrected chi connectivity index (χ4v) is 2.20. The van der Waals surface area contributed by atoms with Crippen LogP contribution in [-0.2, 0) is 4.79 Å². The molecule has 1 amide bonds. The number of alkyl halides is 1. The van der Waals surface area contributed by atoms with Crippen molar-refractivity contribution in [3.63, 3.8) is 0 Å². The number of halogens is 1. The standard InChI is InChI=1S/C14H18ClNO3/c1-10(2)16(14(17)7-15)8-11-9-18-12-5-3-4-6-13(12)19-11/h3-6,10-11H,7-9H2,1-2H3/t11-/m0/s1. The van der Waals surface area contributed by atoms with E-state index in [4.69, 9.17) is 21.1 Å². The number of hydrogen-bond acceptors (Lipinski definition) is 3. The van der Waals surface area contributed by atoms with Gasteiger partial charge >= 0.3 is 0 Å². The maximum atomic E-state index is 11.8. The number of rotatable bonds is 4. The minimum absolute atomic E-state index is 0.0116. The number of hydrogen-bond donors (Lipinski definition) is 0. The largest absolute Gasteiger partial charge is 0.486 e. The lowest BCUT2D eigenvalue weighted by Crippen LogP contribution is -2.47. The molecule has 0 aliphatic carbocycles. The highest BCUT2D eigenvalue weighted by Crippen LogP contribution is 2.31. The molecule has 0 spiro atoms. The summed E-state index contributed by atoms with van der Waals surface area (Å²) in [5.74, 6) is 1.38. The van der Waals surface area contributed by atoms with Crippen molar-refractivity contribution in [3.05, 3.63) is 24.3 Å². The van der Waals surface area contributed by atoms with E-state index >= 15 is 0 Å². The lowest BCUT2D eigenvalue weighted by atomic mass is 10.2. The van der Waals surface area contributed by atoms with Gasteiger partial charge in [0.2, 0.25) is 5.91 Å². The number of carbonyl (C=O) groups excluding carboxylic acids is 1. The molecule has 1 atom stereocenters. The van der Waals surface area contributed by atoms with Crippen LogP contribution < -0.4 is 9.47 Å². The maximum Gasteiger partial charge on any atom is 0.237 e. The van der Waals surface area contributed by atoms with Crippen molar-refractivity contribution in [2.24, 2.45) is 0 Å². The average molecular weight is 284 g/mol. The zero-order valence-electron chi connectivity index (χ0n) is 11.1. The molecule has 0 fully saturated rings. The molecular weight excluding hydrogens is 266 g/mol. The molecule has 0 unspecified atom stereocenters. The SMILES string of the molecule is CC(C)N(C[C@H]1COc2ccccc2O1)C(=O)CCl. The Morgan fingerprint density at radius 3 is 2.74 bits per heavy atom. The highest BCUT2D eigenvalue weighted by molar-refractivity contribution is 6.27. The number of ether oxygens (including phenoxy) is 2. The Morgan fingerprint density at radius 2 is 2.11 bits per heavy atom. The molecule has 0 saturated carbocycles. The van der Waals surface area contributed by atoms with Crippen molar-refractivity contribution >= 4 is 17.5 Å². The van der Waals surface area contributed by atoms with E-state index in [2.05, 4.69) is 0 Å². The van der Waals surface area contributed by atoms with Gasteiger partial charge in [-0.3, -0.25) is 4.79 Å². The second kappa shape index (κ2) is 6.15. The first-order chi connectivity index (χ1) is 9.11. The van der Waals surface area contributed by atoms with E-state index in [-0.39, 0.29) is 23.9 Å². The fourth-order valence-electron chi connectivity index (χ4n) is 2.05. The fraction of sp³-hybridized carbons (Fsp3) is 0.500. The van der Waals surface area contributed by atoms with Crippen LogP contribution in [0.5, 0.6) is 11.5 Å². The van der Waals surface area contributed by atoms with Crippen molar-refractivity contribution in [1.82, 2.24) is 4.90 Å². The van der Waals surface area contributed by atoms with Crippen LogP contribution in [0.2, 0.25) is 0 Å². The number of carbonyl (C=O) groups is 1. The van der Waals surface area contributed by atoms with Crippen molar-refractivity contribution in [1.29, 1.82) is 0 Å². The monoisotopic (exact) mass is 283 g/mol. The second-order valence-electron chi connectivity index (χ2n) is 4.77. The van der Waals surface area contributed by atoms with Crippen LogP contribution in [0.15, 0.2) is 24.3 Å². The van der Waals surface area contributed by atoms with Gasteiger partial charge in [-0.2, -0.15) is 0 Å². The van der Waals surface area contributed by atoms with Gasteiger partial charge in [0.05, 0.1) is 6.54 Å². The summed E-state index contributed by atoms with van der Waals surface area (Å²) in [6.45, 7) is 4.84. The molecule has 0 bridgehead atoms. The van der Waals surface area contributed by atoms with Gasteiger partial charge in [-0.25, -0.2) is 0 Å². The minimum Gasteiger partial charge on any atom is -0.486 e. The molecule has 1 aliphatic rings. The van der Waals surface area contributed by atoms with Gasteiger partial charge in [0.15, 0.2) is 17.6 Å². The van der Waals surface area contributed by atoms with Crippen molar-refractivity contribution < 1.29 is 14.3 Å². The van der Waals surface area contributed by atoms with Gasteiger partial charge in [-0.05, 0) is 26.0 Å². The summed E-state index contributed by atoms with van der Waals surface area (Å²) < 4.78 is 11.5.